The zero-order valence-corrected chi connectivity index (χ0v) is 10.0. The molecule has 90 valence electrons. The largest absolute Gasteiger partial charge is 0.493 e. The van der Waals surface area contributed by atoms with Crippen molar-refractivity contribution in [3.05, 3.63) is 29.3 Å². The highest BCUT2D eigenvalue weighted by Crippen LogP contribution is 2.20. The van der Waals surface area contributed by atoms with E-state index in [2.05, 4.69) is 0 Å². The van der Waals surface area contributed by atoms with Gasteiger partial charge in [0.2, 0.25) is 0 Å². The fraction of sp³-hybridized carbons (Fsp3) is 0.538. The van der Waals surface area contributed by atoms with Crippen LogP contribution in [0.25, 0.3) is 0 Å². The van der Waals surface area contributed by atoms with E-state index >= 15 is 0 Å². The van der Waals surface area contributed by atoms with E-state index in [0.717, 1.165) is 36.5 Å². The molecular formula is C13H20O3. The number of aliphatic hydroxyl groups is 1. The number of hydrogen-bond acceptors (Lipinski definition) is 3. The van der Waals surface area contributed by atoms with Gasteiger partial charge in [-0.15, -0.1) is 0 Å². The molecule has 3 heteroatoms. The van der Waals surface area contributed by atoms with Gasteiger partial charge in [0.15, 0.2) is 0 Å². The molecule has 0 heterocycles. The zero-order valence-electron chi connectivity index (χ0n) is 10.0. The van der Waals surface area contributed by atoms with Crippen LogP contribution in [-0.4, -0.2) is 24.9 Å². The number of rotatable bonds is 7. The quantitative estimate of drug-likeness (QED) is 0.722. The molecule has 0 amide bonds. The Labute approximate surface area is 97.0 Å². The average molecular weight is 224 g/mol. The standard InChI is InChI=1S/C13H20O3/c1-3-15-7-4-8-16-13-6-5-11(2)9-12(13)10-14/h5-6,9,14H,3-4,7-8,10H2,1-2H3. The summed E-state index contributed by atoms with van der Waals surface area (Å²) in [5.74, 6) is 0.768. The number of benzene rings is 1. The predicted molar refractivity (Wildman–Crippen MR) is 63.7 cm³/mol. The zero-order chi connectivity index (χ0) is 11.8. The SMILES string of the molecule is CCOCCCOc1ccc(C)cc1CO. The number of hydrogen-bond donors (Lipinski definition) is 1. The molecule has 0 fully saturated rings. The average Bonchev–Trinajstić information content (AvgIpc) is 2.30. The molecule has 0 aromatic heterocycles. The minimum absolute atomic E-state index is 0.0163. The van der Waals surface area contributed by atoms with Crippen LogP contribution in [-0.2, 0) is 11.3 Å². The summed E-state index contributed by atoms with van der Waals surface area (Å²) in [7, 11) is 0. The van der Waals surface area contributed by atoms with E-state index in [0.29, 0.717) is 6.61 Å². The molecule has 0 bridgehead atoms. The summed E-state index contributed by atoms with van der Waals surface area (Å²) in [6.45, 7) is 6.07. The smallest absolute Gasteiger partial charge is 0.124 e. The van der Waals surface area contributed by atoms with Crippen LogP contribution in [0.3, 0.4) is 0 Å². The maximum Gasteiger partial charge on any atom is 0.124 e. The summed E-state index contributed by atoms with van der Waals surface area (Å²) in [5, 5.41) is 9.18. The molecule has 1 aromatic rings. The first kappa shape index (κ1) is 13.0. The molecular weight excluding hydrogens is 204 g/mol. The highest BCUT2D eigenvalue weighted by atomic mass is 16.5. The van der Waals surface area contributed by atoms with Gasteiger partial charge in [-0.25, -0.2) is 0 Å². The summed E-state index contributed by atoms with van der Waals surface area (Å²) < 4.78 is 10.8. The van der Waals surface area contributed by atoms with Crippen molar-refractivity contribution < 1.29 is 14.6 Å². The Kier molecular flexibility index (Phi) is 5.90. The molecule has 16 heavy (non-hydrogen) atoms. The molecule has 0 saturated heterocycles. The normalized spacial score (nSPS) is 10.4. The second-order valence-corrected chi connectivity index (χ2v) is 3.67. The van der Waals surface area contributed by atoms with Crippen molar-refractivity contribution in [3.8, 4) is 5.75 Å². The molecule has 0 aliphatic carbocycles. The summed E-state index contributed by atoms with van der Waals surface area (Å²) >= 11 is 0. The molecule has 0 aliphatic rings. The molecule has 1 N–H and O–H groups in total. The lowest BCUT2D eigenvalue weighted by molar-refractivity contribution is 0.130. The molecule has 0 atom stereocenters. The summed E-state index contributed by atoms with van der Waals surface area (Å²) in [4.78, 5) is 0. The first-order chi connectivity index (χ1) is 7.77. The van der Waals surface area contributed by atoms with Crippen LogP contribution < -0.4 is 4.74 Å². The van der Waals surface area contributed by atoms with Crippen molar-refractivity contribution in [2.75, 3.05) is 19.8 Å². The number of aryl methyl sites for hydroxylation is 1. The number of ether oxygens (including phenoxy) is 2. The lowest BCUT2D eigenvalue weighted by atomic mass is 10.1. The summed E-state index contributed by atoms with van der Waals surface area (Å²) in [5.41, 5.74) is 1.97. The molecule has 0 spiro atoms. The van der Waals surface area contributed by atoms with Crippen LogP contribution in [0.5, 0.6) is 5.75 Å². The summed E-state index contributed by atoms with van der Waals surface area (Å²) in [6.07, 6.45) is 0.868. The second kappa shape index (κ2) is 7.25. The fourth-order valence-corrected chi connectivity index (χ4v) is 1.46. The maximum absolute atomic E-state index is 9.18. The van der Waals surface area contributed by atoms with Crippen LogP contribution in [0.2, 0.25) is 0 Å². The Morgan fingerprint density at radius 3 is 2.75 bits per heavy atom. The van der Waals surface area contributed by atoms with Crippen molar-refractivity contribution in [3.63, 3.8) is 0 Å². The van der Waals surface area contributed by atoms with Gasteiger partial charge in [0.25, 0.3) is 0 Å². The molecule has 0 saturated carbocycles. The van der Waals surface area contributed by atoms with Crippen LogP contribution in [0.1, 0.15) is 24.5 Å². The van der Waals surface area contributed by atoms with Gasteiger partial charge in [0.1, 0.15) is 5.75 Å². The van der Waals surface area contributed by atoms with Gasteiger partial charge in [-0.1, -0.05) is 17.7 Å². The Morgan fingerprint density at radius 2 is 2.06 bits per heavy atom. The van der Waals surface area contributed by atoms with Gasteiger partial charge in [0.05, 0.1) is 13.2 Å². The first-order valence-corrected chi connectivity index (χ1v) is 5.69. The van der Waals surface area contributed by atoms with Gasteiger partial charge in [-0.05, 0) is 19.9 Å². The van der Waals surface area contributed by atoms with E-state index in [9.17, 15) is 5.11 Å². The van der Waals surface area contributed by atoms with Gasteiger partial charge < -0.3 is 14.6 Å². The number of aliphatic hydroxyl groups excluding tert-OH is 1. The van der Waals surface area contributed by atoms with Gasteiger partial charge in [-0.2, -0.15) is 0 Å². The highest BCUT2D eigenvalue weighted by molar-refractivity contribution is 5.36. The third kappa shape index (κ3) is 4.21. The van der Waals surface area contributed by atoms with Crippen LogP contribution in [0.15, 0.2) is 18.2 Å². The van der Waals surface area contributed by atoms with Crippen molar-refractivity contribution in [2.24, 2.45) is 0 Å². The Morgan fingerprint density at radius 1 is 1.25 bits per heavy atom. The fourth-order valence-electron chi connectivity index (χ4n) is 1.46. The molecule has 1 rings (SSSR count). The Balaban J connectivity index is 2.41. The molecule has 1 aromatic carbocycles. The van der Waals surface area contributed by atoms with Crippen molar-refractivity contribution in [1.29, 1.82) is 0 Å². The highest BCUT2D eigenvalue weighted by Gasteiger charge is 2.02. The predicted octanol–water partition coefficient (Wildman–Crippen LogP) is 2.29. The summed E-state index contributed by atoms with van der Waals surface area (Å²) in [6, 6.07) is 5.83. The van der Waals surface area contributed by atoms with Gasteiger partial charge in [0, 0.05) is 25.2 Å². The lowest BCUT2D eigenvalue weighted by Crippen LogP contribution is -2.04. The van der Waals surface area contributed by atoms with Crippen molar-refractivity contribution in [2.45, 2.75) is 26.9 Å². The minimum Gasteiger partial charge on any atom is -0.493 e. The Bertz CT molecular complexity index is 310. The third-order valence-corrected chi connectivity index (χ3v) is 2.28. The lowest BCUT2D eigenvalue weighted by Gasteiger charge is -2.10. The topological polar surface area (TPSA) is 38.7 Å². The van der Waals surface area contributed by atoms with Gasteiger partial charge >= 0.3 is 0 Å². The van der Waals surface area contributed by atoms with Crippen LogP contribution in [0.4, 0.5) is 0 Å². The minimum atomic E-state index is 0.0163. The molecule has 0 unspecified atom stereocenters. The third-order valence-electron chi connectivity index (χ3n) is 2.28. The first-order valence-electron chi connectivity index (χ1n) is 5.69. The molecule has 0 radical (unpaired) electrons. The molecule has 3 nitrogen and oxygen atoms in total. The van der Waals surface area contributed by atoms with E-state index in [-0.39, 0.29) is 6.61 Å². The van der Waals surface area contributed by atoms with Crippen LogP contribution in [0, 0.1) is 6.92 Å². The van der Waals surface area contributed by atoms with Crippen molar-refractivity contribution in [1.82, 2.24) is 0 Å². The van der Waals surface area contributed by atoms with E-state index < -0.39 is 0 Å². The van der Waals surface area contributed by atoms with Crippen molar-refractivity contribution >= 4 is 0 Å². The van der Waals surface area contributed by atoms with Gasteiger partial charge in [-0.3, -0.25) is 0 Å². The Hall–Kier alpha value is -1.06. The molecule has 0 aliphatic heterocycles. The second-order valence-electron chi connectivity index (χ2n) is 3.67. The monoisotopic (exact) mass is 224 g/mol. The van der Waals surface area contributed by atoms with E-state index in [1.807, 2.05) is 32.0 Å². The van der Waals surface area contributed by atoms with E-state index in [4.69, 9.17) is 9.47 Å². The maximum atomic E-state index is 9.18. The van der Waals surface area contributed by atoms with Crippen LogP contribution >= 0.6 is 0 Å². The van der Waals surface area contributed by atoms with E-state index in [1.165, 1.54) is 0 Å². The van der Waals surface area contributed by atoms with E-state index in [1.54, 1.807) is 0 Å².